The summed E-state index contributed by atoms with van der Waals surface area (Å²) in [5.41, 5.74) is -2.39. The van der Waals surface area contributed by atoms with Gasteiger partial charge in [0, 0.05) is 11.3 Å². The lowest BCUT2D eigenvalue weighted by Crippen LogP contribution is -2.36. The van der Waals surface area contributed by atoms with Crippen molar-refractivity contribution in [3.63, 3.8) is 0 Å². The number of Topliss-reactive ketones (excluding diaryl/α,β-unsaturated/α-hetero) is 1. The fourth-order valence-electron chi connectivity index (χ4n) is 1.14. The molecule has 0 aliphatic rings. The van der Waals surface area contributed by atoms with Gasteiger partial charge in [0.05, 0.1) is 0 Å². The van der Waals surface area contributed by atoms with Crippen LogP contribution in [0.2, 0.25) is 0 Å². The molecule has 0 aliphatic heterocycles. The Morgan fingerprint density at radius 2 is 1.88 bits per heavy atom. The molecular formula is C12H13FO2S. The molecule has 2 nitrogen and oxygen atoms in total. The van der Waals surface area contributed by atoms with Crippen molar-refractivity contribution < 1.29 is 14.0 Å². The van der Waals surface area contributed by atoms with Gasteiger partial charge >= 0.3 is 0 Å². The zero-order valence-corrected chi connectivity index (χ0v) is 10.0. The van der Waals surface area contributed by atoms with Crippen LogP contribution in [0.3, 0.4) is 0 Å². The molecule has 0 bridgehead atoms. The second-order valence-corrected chi connectivity index (χ2v) is 4.53. The lowest BCUT2D eigenvalue weighted by molar-refractivity contribution is -0.136. The fraction of sp³-hybridized carbons (Fsp3) is 0.333. The van der Waals surface area contributed by atoms with E-state index in [9.17, 15) is 14.0 Å². The topological polar surface area (TPSA) is 34.1 Å². The van der Waals surface area contributed by atoms with E-state index in [1.165, 1.54) is 0 Å². The molecule has 1 aromatic carbocycles. The second kappa shape index (κ2) is 5.25. The minimum absolute atomic E-state index is 0.0219. The standard InChI is InChI=1S/C12H13FO2S/c1-3-10(14)12(2,13)11(15)16-9-7-5-4-6-8-9/h4-8H,3H2,1-2H3/t12-/m1/s1. The molecule has 0 fully saturated rings. The molecule has 4 heteroatoms. The van der Waals surface area contributed by atoms with Crippen molar-refractivity contribution >= 4 is 22.7 Å². The number of rotatable bonds is 4. The SMILES string of the molecule is CCC(=O)[C@@](C)(F)C(=O)Sc1ccccc1. The first-order chi connectivity index (χ1) is 7.48. The number of hydrogen-bond acceptors (Lipinski definition) is 3. The molecule has 0 saturated carbocycles. The van der Waals surface area contributed by atoms with Crippen molar-refractivity contribution in [1.82, 2.24) is 0 Å². The van der Waals surface area contributed by atoms with Gasteiger partial charge in [-0.2, -0.15) is 0 Å². The van der Waals surface area contributed by atoms with E-state index in [1.807, 2.05) is 0 Å². The van der Waals surface area contributed by atoms with Crippen molar-refractivity contribution in [3.05, 3.63) is 30.3 Å². The van der Waals surface area contributed by atoms with Gasteiger partial charge in [-0.05, 0) is 30.8 Å². The van der Waals surface area contributed by atoms with Gasteiger partial charge in [0.2, 0.25) is 10.8 Å². The first-order valence-corrected chi connectivity index (χ1v) is 5.79. The van der Waals surface area contributed by atoms with Gasteiger partial charge in [-0.25, -0.2) is 4.39 Å². The highest BCUT2D eigenvalue weighted by Gasteiger charge is 2.40. The smallest absolute Gasteiger partial charge is 0.238 e. The third-order valence-corrected chi connectivity index (χ3v) is 3.26. The molecule has 0 saturated heterocycles. The van der Waals surface area contributed by atoms with Crippen LogP contribution in [0.25, 0.3) is 0 Å². The van der Waals surface area contributed by atoms with Gasteiger partial charge in [-0.15, -0.1) is 0 Å². The number of carbonyl (C=O) groups is 2. The molecule has 0 N–H and O–H groups in total. The molecule has 0 spiro atoms. The highest BCUT2D eigenvalue weighted by Crippen LogP contribution is 2.27. The van der Waals surface area contributed by atoms with Gasteiger partial charge in [-0.3, -0.25) is 9.59 Å². The molecule has 0 aliphatic carbocycles. The Bertz CT molecular complexity index is 387. The van der Waals surface area contributed by atoms with Gasteiger partial charge in [0.25, 0.3) is 0 Å². The second-order valence-electron chi connectivity index (χ2n) is 3.48. The summed E-state index contributed by atoms with van der Waals surface area (Å²) >= 11 is 0.759. The average Bonchev–Trinajstić information content (AvgIpc) is 2.29. The summed E-state index contributed by atoms with van der Waals surface area (Å²) < 4.78 is 13.8. The van der Waals surface area contributed by atoms with Crippen LogP contribution in [0.15, 0.2) is 35.2 Å². The third-order valence-electron chi connectivity index (χ3n) is 2.18. The van der Waals surface area contributed by atoms with Crippen LogP contribution >= 0.6 is 11.8 Å². The van der Waals surface area contributed by atoms with Crippen molar-refractivity contribution in [3.8, 4) is 0 Å². The number of benzene rings is 1. The minimum Gasteiger partial charge on any atom is -0.296 e. The summed E-state index contributed by atoms with van der Waals surface area (Å²) in [5.74, 6) is -0.680. The number of alkyl halides is 1. The molecule has 1 atom stereocenters. The predicted octanol–water partition coefficient (Wildman–Crippen LogP) is 3.01. The van der Waals surface area contributed by atoms with Gasteiger partial charge < -0.3 is 0 Å². The van der Waals surface area contributed by atoms with E-state index in [2.05, 4.69) is 0 Å². The van der Waals surface area contributed by atoms with Gasteiger partial charge in [0.1, 0.15) is 0 Å². The summed E-state index contributed by atoms with van der Waals surface area (Å²) in [7, 11) is 0. The first kappa shape index (κ1) is 12.9. The minimum atomic E-state index is -2.39. The van der Waals surface area contributed by atoms with Crippen LogP contribution in [-0.2, 0) is 9.59 Å². The predicted molar refractivity (Wildman–Crippen MR) is 62.1 cm³/mol. The van der Waals surface area contributed by atoms with Crippen molar-refractivity contribution in [2.24, 2.45) is 0 Å². The number of ketones is 1. The van der Waals surface area contributed by atoms with Gasteiger partial charge in [-0.1, -0.05) is 25.1 Å². The molecule has 1 rings (SSSR count). The number of hydrogen-bond donors (Lipinski definition) is 0. The number of halogens is 1. The van der Waals surface area contributed by atoms with Crippen LogP contribution in [0, 0.1) is 0 Å². The summed E-state index contributed by atoms with van der Waals surface area (Å²) in [6.45, 7) is 2.57. The highest BCUT2D eigenvalue weighted by atomic mass is 32.2. The van der Waals surface area contributed by atoms with Crippen LogP contribution in [-0.4, -0.2) is 16.6 Å². The van der Waals surface area contributed by atoms with Gasteiger partial charge in [0.15, 0.2) is 5.78 Å². The third kappa shape index (κ3) is 2.92. The van der Waals surface area contributed by atoms with E-state index in [1.54, 1.807) is 37.3 Å². The maximum Gasteiger partial charge on any atom is 0.238 e. The summed E-state index contributed by atoms with van der Waals surface area (Å²) in [4.78, 5) is 23.5. The Morgan fingerprint density at radius 3 is 2.38 bits per heavy atom. The molecule has 0 amide bonds. The monoisotopic (exact) mass is 240 g/mol. The molecular weight excluding hydrogens is 227 g/mol. The van der Waals surface area contributed by atoms with E-state index in [0.717, 1.165) is 18.7 Å². The fourth-order valence-corrected chi connectivity index (χ4v) is 1.95. The van der Waals surface area contributed by atoms with E-state index >= 15 is 0 Å². The normalized spacial score (nSPS) is 14.2. The maximum absolute atomic E-state index is 13.8. The zero-order chi connectivity index (χ0) is 12.2. The highest BCUT2D eigenvalue weighted by molar-refractivity contribution is 8.14. The van der Waals surface area contributed by atoms with E-state index in [4.69, 9.17) is 0 Å². The Morgan fingerprint density at radius 1 is 1.31 bits per heavy atom. The van der Waals surface area contributed by atoms with Crippen molar-refractivity contribution in [2.45, 2.75) is 30.8 Å². The lowest BCUT2D eigenvalue weighted by Gasteiger charge is -2.15. The summed E-state index contributed by atoms with van der Waals surface area (Å²) in [5, 5.41) is -0.759. The van der Waals surface area contributed by atoms with E-state index in [0.29, 0.717) is 4.90 Å². The Labute approximate surface area is 98.2 Å². The van der Waals surface area contributed by atoms with E-state index < -0.39 is 16.6 Å². The van der Waals surface area contributed by atoms with E-state index in [-0.39, 0.29) is 6.42 Å². The quantitative estimate of drug-likeness (QED) is 0.599. The summed E-state index contributed by atoms with van der Waals surface area (Å²) in [6.07, 6.45) is 0.0219. The lowest BCUT2D eigenvalue weighted by atomic mass is 10.0. The molecule has 0 heterocycles. The summed E-state index contributed by atoms with van der Waals surface area (Å²) in [6, 6.07) is 8.73. The first-order valence-electron chi connectivity index (χ1n) is 4.98. The Balaban J connectivity index is 2.76. The molecule has 0 aromatic heterocycles. The Hall–Kier alpha value is -1.16. The molecule has 0 unspecified atom stereocenters. The van der Waals surface area contributed by atoms with Crippen molar-refractivity contribution in [1.29, 1.82) is 0 Å². The van der Waals surface area contributed by atoms with Crippen LogP contribution in [0.5, 0.6) is 0 Å². The molecule has 0 radical (unpaired) electrons. The van der Waals surface area contributed by atoms with Crippen LogP contribution < -0.4 is 0 Å². The average molecular weight is 240 g/mol. The zero-order valence-electron chi connectivity index (χ0n) is 9.20. The molecule has 1 aromatic rings. The largest absolute Gasteiger partial charge is 0.296 e. The van der Waals surface area contributed by atoms with Crippen LogP contribution in [0.1, 0.15) is 20.3 Å². The molecule has 16 heavy (non-hydrogen) atoms. The Kier molecular flexibility index (Phi) is 4.24. The van der Waals surface area contributed by atoms with Crippen molar-refractivity contribution in [2.75, 3.05) is 0 Å². The number of thioether (sulfide) groups is 1. The van der Waals surface area contributed by atoms with Crippen LogP contribution in [0.4, 0.5) is 4.39 Å². The number of carbonyl (C=O) groups excluding carboxylic acids is 2. The molecule has 86 valence electrons. The maximum atomic E-state index is 13.8.